The molecule has 5 nitrogen and oxygen atoms in total. The predicted octanol–water partition coefficient (Wildman–Crippen LogP) is 3.44. The van der Waals surface area contributed by atoms with E-state index in [1.54, 1.807) is 30.2 Å². The van der Waals surface area contributed by atoms with Crippen molar-refractivity contribution in [2.45, 2.75) is 25.8 Å². The Hall–Kier alpha value is -3.08. The summed E-state index contributed by atoms with van der Waals surface area (Å²) in [4.78, 5) is 25.8. The van der Waals surface area contributed by atoms with E-state index in [9.17, 15) is 9.59 Å². The number of benzene rings is 2. The van der Waals surface area contributed by atoms with Gasteiger partial charge < -0.3 is 15.0 Å². The molecule has 2 aromatic rings. The van der Waals surface area contributed by atoms with Gasteiger partial charge in [0.1, 0.15) is 12.4 Å². The van der Waals surface area contributed by atoms with E-state index in [4.69, 9.17) is 4.74 Å². The van der Waals surface area contributed by atoms with Crippen LogP contribution in [0.15, 0.2) is 54.6 Å². The quantitative estimate of drug-likeness (QED) is 0.716. The monoisotopic (exact) mass is 378 g/mol. The van der Waals surface area contributed by atoms with E-state index >= 15 is 0 Å². The van der Waals surface area contributed by atoms with E-state index in [0.717, 1.165) is 29.7 Å². The molecule has 0 spiro atoms. The van der Waals surface area contributed by atoms with Gasteiger partial charge in [-0.15, -0.1) is 0 Å². The van der Waals surface area contributed by atoms with Crippen molar-refractivity contribution >= 4 is 17.9 Å². The fourth-order valence-corrected chi connectivity index (χ4v) is 2.65. The van der Waals surface area contributed by atoms with Gasteiger partial charge in [0, 0.05) is 24.7 Å². The van der Waals surface area contributed by atoms with E-state index in [2.05, 4.69) is 5.32 Å². The number of hydrogen-bond donors (Lipinski definition) is 1. The summed E-state index contributed by atoms with van der Waals surface area (Å²) in [7, 11) is 1.75. The van der Waals surface area contributed by atoms with Crippen LogP contribution in [0.3, 0.4) is 0 Å². The second-order valence-corrected chi connectivity index (χ2v) is 7.13. The number of nitrogens with one attached hydrogen (secondary N) is 1. The van der Waals surface area contributed by atoms with Gasteiger partial charge in [-0.05, 0) is 61.2 Å². The molecule has 1 saturated carbocycles. The molecule has 1 fully saturated rings. The van der Waals surface area contributed by atoms with Crippen molar-refractivity contribution in [3.05, 3.63) is 71.3 Å². The van der Waals surface area contributed by atoms with E-state index in [-0.39, 0.29) is 11.8 Å². The maximum Gasteiger partial charge on any atom is 0.251 e. The maximum absolute atomic E-state index is 12.2. The third-order valence-corrected chi connectivity index (χ3v) is 4.56. The lowest BCUT2D eigenvalue weighted by Gasteiger charge is -2.15. The van der Waals surface area contributed by atoms with Crippen LogP contribution >= 0.6 is 0 Å². The first-order valence-electron chi connectivity index (χ1n) is 9.55. The van der Waals surface area contributed by atoms with Crippen LogP contribution in [0.5, 0.6) is 5.75 Å². The SMILES string of the molecule is Cc1cccc(OCCN(C)C(=O)/C=C/c2ccc(C(=O)NC3CC3)cc2)c1. The van der Waals surface area contributed by atoms with Gasteiger partial charge in [-0.1, -0.05) is 24.3 Å². The number of ether oxygens (including phenoxy) is 1. The van der Waals surface area contributed by atoms with Crippen LogP contribution in [0.1, 0.15) is 34.3 Å². The first-order valence-corrected chi connectivity index (χ1v) is 9.55. The summed E-state index contributed by atoms with van der Waals surface area (Å²) in [6.45, 7) is 2.95. The highest BCUT2D eigenvalue weighted by molar-refractivity contribution is 5.95. The molecule has 1 aliphatic carbocycles. The minimum absolute atomic E-state index is 0.0394. The second-order valence-electron chi connectivity index (χ2n) is 7.13. The number of carbonyl (C=O) groups excluding carboxylic acids is 2. The first-order chi connectivity index (χ1) is 13.5. The lowest BCUT2D eigenvalue weighted by atomic mass is 10.1. The summed E-state index contributed by atoms with van der Waals surface area (Å²) in [6, 6.07) is 15.4. The first kappa shape index (κ1) is 19.7. The molecule has 1 N–H and O–H groups in total. The van der Waals surface area contributed by atoms with Crippen LogP contribution in [-0.4, -0.2) is 43.0 Å². The maximum atomic E-state index is 12.2. The Bertz CT molecular complexity index is 854. The van der Waals surface area contributed by atoms with Crippen LogP contribution in [-0.2, 0) is 4.79 Å². The van der Waals surface area contributed by atoms with Gasteiger partial charge in [0.2, 0.25) is 5.91 Å². The Kier molecular flexibility index (Phi) is 6.48. The molecule has 0 heterocycles. The van der Waals surface area contributed by atoms with Gasteiger partial charge in [-0.3, -0.25) is 9.59 Å². The highest BCUT2D eigenvalue weighted by Crippen LogP contribution is 2.19. The number of rotatable bonds is 8. The summed E-state index contributed by atoms with van der Waals surface area (Å²) >= 11 is 0. The molecule has 3 rings (SSSR count). The smallest absolute Gasteiger partial charge is 0.251 e. The van der Waals surface area contributed by atoms with Crippen LogP contribution in [0.2, 0.25) is 0 Å². The number of nitrogens with zero attached hydrogens (tertiary/aromatic N) is 1. The summed E-state index contributed by atoms with van der Waals surface area (Å²) in [5.41, 5.74) is 2.66. The van der Waals surface area contributed by atoms with Crippen LogP contribution < -0.4 is 10.1 Å². The summed E-state index contributed by atoms with van der Waals surface area (Å²) in [5.74, 6) is 0.674. The number of likely N-dealkylation sites (N-methyl/N-ethyl adjacent to an activating group) is 1. The predicted molar refractivity (Wildman–Crippen MR) is 110 cm³/mol. The summed E-state index contributed by atoms with van der Waals surface area (Å²) in [6.07, 6.45) is 5.42. The van der Waals surface area contributed by atoms with Crippen molar-refractivity contribution in [3.63, 3.8) is 0 Å². The molecule has 2 amide bonds. The number of aryl methyl sites for hydroxylation is 1. The molecule has 0 atom stereocenters. The van der Waals surface area contributed by atoms with Gasteiger partial charge in [0.25, 0.3) is 5.91 Å². The van der Waals surface area contributed by atoms with E-state index in [1.807, 2.05) is 43.3 Å². The molecular formula is C23H26N2O3. The Morgan fingerprint density at radius 3 is 2.61 bits per heavy atom. The molecular weight excluding hydrogens is 352 g/mol. The van der Waals surface area contributed by atoms with Gasteiger partial charge >= 0.3 is 0 Å². The minimum atomic E-state index is -0.0941. The van der Waals surface area contributed by atoms with Gasteiger partial charge in [-0.25, -0.2) is 0 Å². The zero-order valence-electron chi connectivity index (χ0n) is 16.4. The molecule has 2 aromatic carbocycles. The highest BCUT2D eigenvalue weighted by Gasteiger charge is 2.23. The van der Waals surface area contributed by atoms with E-state index in [0.29, 0.717) is 24.8 Å². The van der Waals surface area contributed by atoms with E-state index in [1.165, 1.54) is 6.08 Å². The number of carbonyl (C=O) groups is 2. The van der Waals surface area contributed by atoms with Crippen molar-refractivity contribution in [2.75, 3.05) is 20.2 Å². The molecule has 5 heteroatoms. The fourth-order valence-electron chi connectivity index (χ4n) is 2.65. The third-order valence-electron chi connectivity index (χ3n) is 4.56. The molecule has 1 aliphatic rings. The average molecular weight is 378 g/mol. The van der Waals surface area contributed by atoms with Crippen molar-refractivity contribution in [1.29, 1.82) is 0 Å². The third kappa shape index (κ3) is 5.98. The van der Waals surface area contributed by atoms with Crippen LogP contribution in [0, 0.1) is 6.92 Å². The van der Waals surface area contributed by atoms with Gasteiger partial charge in [-0.2, -0.15) is 0 Å². The Balaban J connectivity index is 1.44. The lowest BCUT2D eigenvalue weighted by molar-refractivity contribution is -0.125. The largest absolute Gasteiger partial charge is 0.492 e. The average Bonchev–Trinajstić information content (AvgIpc) is 3.50. The molecule has 0 saturated heterocycles. The molecule has 0 radical (unpaired) electrons. The molecule has 0 aliphatic heterocycles. The molecule has 0 unspecified atom stereocenters. The molecule has 146 valence electrons. The standard InChI is InChI=1S/C23H26N2O3/c1-17-4-3-5-21(16-17)28-15-14-25(2)22(26)13-8-18-6-9-19(10-7-18)23(27)24-20-11-12-20/h3-10,13,16,20H,11-12,14-15H2,1-2H3,(H,24,27)/b13-8+. The Morgan fingerprint density at radius 2 is 1.93 bits per heavy atom. The van der Waals surface area contributed by atoms with Gasteiger partial charge in [0.15, 0.2) is 0 Å². The van der Waals surface area contributed by atoms with Crippen molar-refractivity contribution in [3.8, 4) is 5.75 Å². The summed E-state index contributed by atoms with van der Waals surface area (Å²) in [5, 5.41) is 2.96. The zero-order chi connectivity index (χ0) is 19.9. The van der Waals surface area contributed by atoms with Crippen molar-refractivity contribution in [2.24, 2.45) is 0 Å². The lowest BCUT2D eigenvalue weighted by Crippen LogP contribution is -2.29. The minimum Gasteiger partial charge on any atom is -0.492 e. The number of amides is 2. The molecule has 0 bridgehead atoms. The van der Waals surface area contributed by atoms with Crippen molar-refractivity contribution in [1.82, 2.24) is 10.2 Å². The van der Waals surface area contributed by atoms with Crippen LogP contribution in [0.25, 0.3) is 6.08 Å². The van der Waals surface area contributed by atoms with Crippen molar-refractivity contribution < 1.29 is 14.3 Å². The normalized spacial score (nSPS) is 13.4. The molecule has 0 aromatic heterocycles. The van der Waals surface area contributed by atoms with Gasteiger partial charge in [0.05, 0.1) is 6.54 Å². The fraction of sp³-hybridized carbons (Fsp3) is 0.304. The number of hydrogen-bond acceptors (Lipinski definition) is 3. The molecule has 28 heavy (non-hydrogen) atoms. The highest BCUT2D eigenvalue weighted by atomic mass is 16.5. The second kappa shape index (κ2) is 9.22. The Labute approximate surface area is 166 Å². The topological polar surface area (TPSA) is 58.6 Å². The van der Waals surface area contributed by atoms with Crippen LogP contribution in [0.4, 0.5) is 0 Å². The Morgan fingerprint density at radius 1 is 1.18 bits per heavy atom. The zero-order valence-corrected chi connectivity index (χ0v) is 16.4. The summed E-state index contributed by atoms with van der Waals surface area (Å²) < 4.78 is 5.68. The van der Waals surface area contributed by atoms with E-state index < -0.39 is 0 Å².